The van der Waals surface area contributed by atoms with E-state index in [1.54, 1.807) is 6.92 Å². The van der Waals surface area contributed by atoms with E-state index < -0.39 is 11.4 Å². The summed E-state index contributed by atoms with van der Waals surface area (Å²) >= 11 is 3.84. The van der Waals surface area contributed by atoms with Crippen molar-refractivity contribution in [2.45, 2.75) is 12.4 Å². The summed E-state index contributed by atoms with van der Waals surface area (Å²) in [6.07, 6.45) is 1.93. The number of aldehydes is 1. The van der Waals surface area contributed by atoms with Crippen molar-refractivity contribution in [1.29, 1.82) is 0 Å². The van der Waals surface area contributed by atoms with Crippen LogP contribution in [0.5, 0.6) is 0 Å². The van der Waals surface area contributed by atoms with Crippen LogP contribution in [0.25, 0.3) is 0 Å². The van der Waals surface area contributed by atoms with Crippen LogP contribution in [0.1, 0.15) is 6.92 Å². The summed E-state index contributed by atoms with van der Waals surface area (Å²) < 4.78 is 0. The van der Waals surface area contributed by atoms with Crippen molar-refractivity contribution in [3.05, 3.63) is 11.6 Å². The molecule has 12 heavy (non-hydrogen) atoms. The predicted octanol–water partition coefficient (Wildman–Crippen LogP) is -0.238. The smallest absolute Gasteiger partial charge is 0.258 e. The summed E-state index contributed by atoms with van der Waals surface area (Å²) in [5, 5.41) is 0. The quantitative estimate of drug-likeness (QED) is 0.160. The molecule has 0 aromatic rings. The average molecular weight is 188 g/mol. The fraction of sp³-hybridized carbons (Fsp3) is 0.429. The molecule has 1 atom stereocenters. The van der Waals surface area contributed by atoms with Crippen LogP contribution in [-0.4, -0.2) is 29.6 Å². The summed E-state index contributed by atoms with van der Waals surface area (Å²) in [6.45, 7) is 1.61. The molecule has 0 aliphatic rings. The Balaban J connectivity index is 4.48. The van der Waals surface area contributed by atoms with Gasteiger partial charge in [-0.2, -0.15) is 0 Å². The summed E-state index contributed by atoms with van der Waals surface area (Å²) in [5.74, 6) is -0.421. The molecular formula is C7H12N2O2S. The number of likely N-dealkylation sites (N-methyl/N-ethyl adjacent to an activating group) is 1. The van der Waals surface area contributed by atoms with E-state index in [2.05, 4.69) is 12.6 Å². The molecule has 0 aliphatic heterocycles. The van der Waals surface area contributed by atoms with E-state index in [0.29, 0.717) is 6.29 Å². The minimum absolute atomic E-state index is 0.0852. The van der Waals surface area contributed by atoms with Crippen LogP contribution in [0.4, 0.5) is 0 Å². The van der Waals surface area contributed by atoms with Crippen LogP contribution in [0.2, 0.25) is 0 Å². The van der Waals surface area contributed by atoms with Gasteiger partial charge in [-0.05, 0) is 6.92 Å². The molecule has 1 unspecified atom stereocenters. The number of nitrogens with zero attached hydrogens (tertiary/aromatic N) is 1. The lowest BCUT2D eigenvalue weighted by Crippen LogP contribution is -2.40. The van der Waals surface area contributed by atoms with Crippen molar-refractivity contribution in [3.63, 3.8) is 0 Å². The van der Waals surface area contributed by atoms with Crippen LogP contribution in [0.15, 0.2) is 11.6 Å². The van der Waals surface area contributed by atoms with E-state index in [-0.39, 0.29) is 5.57 Å². The topological polar surface area (TPSA) is 63.4 Å². The monoisotopic (exact) mass is 188 g/mol. The molecule has 0 spiro atoms. The van der Waals surface area contributed by atoms with Gasteiger partial charge in [0.2, 0.25) is 0 Å². The number of nitrogens with two attached hydrogens (primary N) is 1. The lowest BCUT2D eigenvalue weighted by molar-refractivity contribution is -0.127. The standard InChI is InChI=1S/C7H12N2O2S/c1-3-5(4-10)6(11)9(2)7(8)12/h3-4,7,12H,8H2,1-2H3/b5-3+. The summed E-state index contributed by atoms with van der Waals surface area (Å²) in [7, 11) is 1.48. The average Bonchev–Trinajstić information content (AvgIpc) is 2.05. The third kappa shape index (κ3) is 2.67. The molecule has 0 aromatic heterocycles. The molecular weight excluding hydrogens is 176 g/mol. The highest BCUT2D eigenvalue weighted by Crippen LogP contribution is 2.01. The molecule has 0 saturated carbocycles. The maximum Gasteiger partial charge on any atom is 0.258 e. The molecule has 1 amide bonds. The minimum Gasteiger partial charge on any atom is -0.317 e. The summed E-state index contributed by atoms with van der Waals surface area (Å²) in [6, 6.07) is 0. The van der Waals surface area contributed by atoms with E-state index in [0.717, 1.165) is 0 Å². The van der Waals surface area contributed by atoms with Gasteiger partial charge in [-0.1, -0.05) is 6.08 Å². The number of amides is 1. The summed E-state index contributed by atoms with van der Waals surface area (Å²) in [5.41, 5.74) is 4.71. The van der Waals surface area contributed by atoms with Crippen LogP contribution < -0.4 is 5.73 Å². The first kappa shape index (κ1) is 11.2. The van der Waals surface area contributed by atoms with Crippen molar-refractivity contribution < 1.29 is 9.59 Å². The second-order valence-electron chi connectivity index (χ2n) is 2.19. The molecule has 4 nitrogen and oxygen atoms in total. The number of carbonyl (C=O) groups is 2. The van der Waals surface area contributed by atoms with Crippen molar-refractivity contribution in [3.8, 4) is 0 Å². The Bertz CT molecular complexity index is 213. The van der Waals surface area contributed by atoms with Gasteiger partial charge in [-0.25, -0.2) is 0 Å². The van der Waals surface area contributed by atoms with Crippen molar-refractivity contribution in [2.75, 3.05) is 7.05 Å². The van der Waals surface area contributed by atoms with Gasteiger partial charge in [0.25, 0.3) is 5.91 Å². The largest absolute Gasteiger partial charge is 0.317 e. The third-order valence-corrected chi connectivity index (χ3v) is 1.75. The zero-order chi connectivity index (χ0) is 9.72. The fourth-order valence-electron chi connectivity index (χ4n) is 0.566. The normalized spacial score (nSPS) is 13.8. The lowest BCUT2D eigenvalue weighted by atomic mass is 10.2. The van der Waals surface area contributed by atoms with Crippen molar-refractivity contribution >= 4 is 24.8 Å². The first-order valence-electron chi connectivity index (χ1n) is 3.37. The van der Waals surface area contributed by atoms with E-state index in [1.807, 2.05) is 0 Å². The maximum atomic E-state index is 11.2. The Labute approximate surface area is 76.8 Å². The molecule has 5 heteroatoms. The highest BCUT2D eigenvalue weighted by molar-refractivity contribution is 7.80. The zero-order valence-corrected chi connectivity index (χ0v) is 7.91. The molecule has 0 radical (unpaired) electrons. The molecule has 0 aliphatic carbocycles. The molecule has 2 N–H and O–H groups in total. The van der Waals surface area contributed by atoms with E-state index in [4.69, 9.17) is 5.73 Å². The first-order chi connectivity index (χ1) is 5.54. The highest BCUT2D eigenvalue weighted by Gasteiger charge is 2.15. The first-order valence-corrected chi connectivity index (χ1v) is 3.88. The number of hydrogen-bond donors (Lipinski definition) is 2. The SMILES string of the molecule is C/C=C(\C=O)C(=O)N(C)C(N)S. The molecule has 0 aromatic carbocycles. The minimum atomic E-state index is -0.688. The number of hydrogen-bond acceptors (Lipinski definition) is 4. The van der Waals surface area contributed by atoms with E-state index in [9.17, 15) is 9.59 Å². The highest BCUT2D eigenvalue weighted by atomic mass is 32.1. The van der Waals surface area contributed by atoms with Crippen molar-refractivity contribution in [1.82, 2.24) is 4.90 Å². The van der Waals surface area contributed by atoms with Crippen LogP contribution in [0, 0.1) is 0 Å². The molecule has 0 saturated heterocycles. The second kappa shape index (κ2) is 4.95. The number of rotatable bonds is 3. The molecule has 68 valence electrons. The summed E-state index contributed by atoms with van der Waals surface area (Å²) in [4.78, 5) is 22.7. The van der Waals surface area contributed by atoms with Gasteiger partial charge in [0.15, 0.2) is 6.29 Å². The number of thiol groups is 1. The molecule has 0 bridgehead atoms. The Hall–Kier alpha value is -0.810. The second-order valence-corrected chi connectivity index (χ2v) is 2.72. The van der Waals surface area contributed by atoms with Gasteiger partial charge in [0.1, 0.15) is 5.50 Å². The Morgan fingerprint density at radius 1 is 1.67 bits per heavy atom. The van der Waals surface area contributed by atoms with Crippen molar-refractivity contribution in [2.24, 2.45) is 5.73 Å². The Morgan fingerprint density at radius 3 is 2.42 bits per heavy atom. The van der Waals surface area contributed by atoms with E-state index in [1.165, 1.54) is 18.0 Å². The van der Waals surface area contributed by atoms with Gasteiger partial charge >= 0.3 is 0 Å². The molecule has 0 rings (SSSR count). The predicted molar refractivity (Wildman–Crippen MR) is 49.6 cm³/mol. The van der Waals surface area contributed by atoms with Crippen LogP contribution >= 0.6 is 12.6 Å². The van der Waals surface area contributed by atoms with Gasteiger partial charge in [0, 0.05) is 7.05 Å². The van der Waals surface area contributed by atoms with E-state index >= 15 is 0 Å². The maximum absolute atomic E-state index is 11.2. The van der Waals surface area contributed by atoms with Crippen LogP contribution in [-0.2, 0) is 9.59 Å². The van der Waals surface area contributed by atoms with Gasteiger partial charge < -0.3 is 10.6 Å². The third-order valence-electron chi connectivity index (χ3n) is 1.40. The van der Waals surface area contributed by atoms with Gasteiger partial charge in [-0.3, -0.25) is 9.59 Å². The number of carbonyl (C=O) groups excluding carboxylic acids is 2. The fourth-order valence-corrected chi connectivity index (χ4v) is 0.671. The molecule has 0 heterocycles. The Morgan fingerprint density at radius 2 is 2.17 bits per heavy atom. The molecule has 0 fully saturated rings. The van der Waals surface area contributed by atoms with Gasteiger partial charge in [-0.15, -0.1) is 12.6 Å². The Kier molecular flexibility index (Phi) is 4.61. The lowest BCUT2D eigenvalue weighted by Gasteiger charge is -2.19. The number of allylic oxidation sites excluding steroid dienone is 1. The van der Waals surface area contributed by atoms with Gasteiger partial charge in [0.05, 0.1) is 5.57 Å². The zero-order valence-electron chi connectivity index (χ0n) is 7.02. The van der Waals surface area contributed by atoms with Crippen LogP contribution in [0.3, 0.4) is 0 Å².